The standard InChI is InChI=1S/C25H33NO2S/c1-5-26(14-8-6-7-13-25(2,3)4)19-22-10-9-11-24(18-22)28-16-15-27-20-23-12-17-29-21-23/h6,8-12,17-18,21H,5,14-16,19-20H2,1-4H3. The number of allylic oxidation sites excluding steroid dienone is 1. The van der Waals surface area contributed by atoms with Gasteiger partial charge in [-0.3, -0.25) is 4.90 Å². The van der Waals surface area contributed by atoms with E-state index >= 15 is 0 Å². The zero-order chi connectivity index (χ0) is 21.0. The van der Waals surface area contributed by atoms with E-state index in [0.717, 1.165) is 25.4 Å². The van der Waals surface area contributed by atoms with E-state index in [-0.39, 0.29) is 5.41 Å². The van der Waals surface area contributed by atoms with Crippen molar-refractivity contribution in [1.29, 1.82) is 0 Å². The van der Waals surface area contributed by atoms with Gasteiger partial charge in [0.05, 0.1) is 13.2 Å². The molecule has 2 aromatic rings. The van der Waals surface area contributed by atoms with Gasteiger partial charge in [0.2, 0.25) is 0 Å². The van der Waals surface area contributed by atoms with Gasteiger partial charge in [-0.1, -0.05) is 37.0 Å². The second-order valence-corrected chi connectivity index (χ2v) is 8.71. The molecule has 4 heteroatoms. The van der Waals surface area contributed by atoms with Crippen LogP contribution in [0.1, 0.15) is 38.8 Å². The van der Waals surface area contributed by atoms with Crippen molar-refractivity contribution in [1.82, 2.24) is 4.90 Å². The molecule has 0 aliphatic heterocycles. The molecule has 0 atom stereocenters. The number of likely N-dealkylation sites (N-methyl/N-ethyl adjacent to an activating group) is 1. The van der Waals surface area contributed by atoms with Crippen molar-refractivity contribution < 1.29 is 9.47 Å². The van der Waals surface area contributed by atoms with E-state index < -0.39 is 0 Å². The van der Waals surface area contributed by atoms with E-state index in [4.69, 9.17) is 9.47 Å². The average molecular weight is 412 g/mol. The topological polar surface area (TPSA) is 21.7 Å². The lowest BCUT2D eigenvalue weighted by Crippen LogP contribution is -2.22. The summed E-state index contributed by atoms with van der Waals surface area (Å²) in [5, 5.41) is 4.17. The highest BCUT2D eigenvalue weighted by molar-refractivity contribution is 7.07. The Morgan fingerprint density at radius 2 is 2.00 bits per heavy atom. The minimum absolute atomic E-state index is 0.0458. The first-order valence-corrected chi connectivity index (χ1v) is 11.1. The maximum Gasteiger partial charge on any atom is 0.119 e. The fourth-order valence-corrected chi connectivity index (χ4v) is 3.25. The minimum Gasteiger partial charge on any atom is -0.491 e. The molecule has 0 bridgehead atoms. The summed E-state index contributed by atoms with van der Waals surface area (Å²) < 4.78 is 11.5. The third-order valence-corrected chi connectivity index (χ3v) is 4.84. The summed E-state index contributed by atoms with van der Waals surface area (Å²) in [6.45, 7) is 13.1. The quantitative estimate of drug-likeness (QED) is 0.346. The molecule has 0 aliphatic carbocycles. The van der Waals surface area contributed by atoms with Crippen LogP contribution < -0.4 is 4.74 Å². The molecule has 0 aliphatic rings. The highest BCUT2D eigenvalue weighted by Gasteiger charge is 2.04. The molecule has 0 fully saturated rings. The van der Waals surface area contributed by atoms with Crippen LogP contribution in [0.3, 0.4) is 0 Å². The molecular formula is C25H33NO2S. The fraction of sp³-hybridized carbons (Fsp3) is 0.440. The molecule has 2 rings (SSSR count). The number of benzene rings is 1. The predicted octanol–water partition coefficient (Wildman–Crippen LogP) is 5.77. The van der Waals surface area contributed by atoms with Crippen molar-refractivity contribution in [2.45, 2.75) is 40.8 Å². The Labute approximate surface area is 180 Å². The van der Waals surface area contributed by atoms with Gasteiger partial charge >= 0.3 is 0 Å². The molecule has 0 radical (unpaired) electrons. The molecule has 1 aromatic carbocycles. The number of hydrogen-bond donors (Lipinski definition) is 0. The van der Waals surface area contributed by atoms with Crippen molar-refractivity contribution >= 4 is 11.3 Å². The lowest BCUT2D eigenvalue weighted by atomic mass is 9.98. The van der Waals surface area contributed by atoms with Gasteiger partial charge in [0.15, 0.2) is 0 Å². The minimum atomic E-state index is 0.0458. The largest absolute Gasteiger partial charge is 0.491 e. The molecule has 1 aromatic heterocycles. The van der Waals surface area contributed by atoms with Crippen molar-refractivity contribution in [3.05, 3.63) is 64.4 Å². The Morgan fingerprint density at radius 1 is 1.14 bits per heavy atom. The van der Waals surface area contributed by atoms with Gasteiger partial charge in [-0.25, -0.2) is 0 Å². The van der Waals surface area contributed by atoms with Crippen LogP contribution in [0.2, 0.25) is 0 Å². The second kappa shape index (κ2) is 12.5. The van der Waals surface area contributed by atoms with Crippen molar-refractivity contribution in [2.75, 3.05) is 26.3 Å². The Kier molecular flexibility index (Phi) is 10.0. The van der Waals surface area contributed by atoms with Gasteiger partial charge in [-0.15, -0.1) is 0 Å². The first-order valence-electron chi connectivity index (χ1n) is 10.2. The summed E-state index contributed by atoms with van der Waals surface area (Å²) in [4.78, 5) is 2.37. The van der Waals surface area contributed by atoms with E-state index in [1.807, 2.05) is 12.1 Å². The molecule has 156 valence electrons. The van der Waals surface area contributed by atoms with Crippen molar-refractivity contribution in [3.63, 3.8) is 0 Å². The lowest BCUT2D eigenvalue weighted by Gasteiger charge is -2.19. The van der Waals surface area contributed by atoms with Gasteiger partial charge in [0.25, 0.3) is 0 Å². The summed E-state index contributed by atoms with van der Waals surface area (Å²) >= 11 is 1.69. The number of hydrogen-bond acceptors (Lipinski definition) is 4. The first kappa shape index (κ1) is 23.2. The monoisotopic (exact) mass is 411 g/mol. The van der Waals surface area contributed by atoms with Crippen LogP contribution >= 0.6 is 11.3 Å². The maximum atomic E-state index is 5.85. The van der Waals surface area contributed by atoms with Crippen LogP contribution in [0.5, 0.6) is 5.75 Å². The van der Waals surface area contributed by atoms with E-state index in [2.05, 4.69) is 85.5 Å². The molecular weight excluding hydrogens is 378 g/mol. The number of ether oxygens (including phenoxy) is 2. The van der Waals surface area contributed by atoms with Crippen LogP contribution in [-0.2, 0) is 17.9 Å². The average Bonchev–Trinajstić information content (AvgIpc) is 3.19. The zero-order valence-corrected chi connectivity index (χ0v) is 18.9. The Bertz CT molecular complexity index is 794. The molecule has 0 saturated heterocycles. The molecule has 1 heterocycles. The lowest BCUT2D eigenvalue weighted by molar-refractivity contribution is 0.0891. The third-order valence-electron chi connectivity index (χ3n) is 4.11. The molecule has 0 amide bonds. The smallest absolute Gasteiger partial charge is 0.119 e. The summed E-state index contributed by atoms with van der Waals surface area (Å²) in [6.07, 6.45) is 4.09. The third kappa shape index (κ3) is 10.3. The van der Waals surface area contributed by atoms with Crippen LogP contribution in [0, 0.1) is 17.3 Å². The number of rotatable bonds is 11. The van der Waals surface area contributed by atoms with Gasteiger partial charge in [-0.05, 0) is 73.5 Å². The molecule has 0 N–H and O–H groups in total. The molecule has 0 unspecified atom stereocenters. The van der Waals surface area contributed by atoms with Gasteiger partial charge in [0, 0.05) is 18.5 Å². The summed E-state index contributed by atoms with van der Waals surface area (Å²) in [6, 6.07) is 10.4. The normalized spacial score (nSPS) is 11.6. The Balaban J connectivity index is 1.74. The summed E-state index contributed by atoms with van der Waals surface area (Å²) in [5.74, 6) is 7.25. The van der Waals surface area contributed by atoms with Crippen molar-refractivity contribution in [3.8, 4) is 17.6 Å². The Morgan fingerprint density at radius 3 is 2.72 bits per heavy atom. The SMILES string of the molecule is CCN(CC=CC#CC(C)(C)C)Cc1cccc(OCCOCc2ccsc2)c1. The first-order chi connectivity index (χ1) is 14.0. The van der Waals surface area contributed by atoms with Crippen LogP contribution in [0.4, 0.5) is 0 Å². The predicted molar refractivity (Wildman–Crippen MR) is 123 cm³/mol. The van der Waals surface area contributed by atoms with E-state index in [1.165, 1.54) is 11.1 Å². The van der Waals surface area contributed by atoms with E-state index in [0.29, 0.717) is 19.8 Å². The van der Waals surface area contributed by atoms with E-state index in [9.17, 15) is 0 Å². The molecule has 0 saturated carbocycles. The fourth-order valence-electron chi connectivity index (χ4n) is 2.60. The van der Waals surface area contributed by atoms with Crippen LogP contribution in [0.25, 0.3) is 0 Å². The van der Waals surface area contributed by atoms with Gasteiger partial charge in [0.1, 0.15) is 12.4 Å². The van der Waals surface area contributed by atoms with Crippen LogP contribution in [-0.4, -0.2) is 31.2 Å². The summed E-state index contributed by atoms with van der Waals surface area (Å²) in [7, 11) is 0. The molecule has 0 spiro atoms. The van der Waals surface area contributed by atoms with Crippen molar-refractivity contribution in [2.24, 2.45) is 5.41 Å². The van der Waals surface area contributed by atoms with Gasteiger partial charge < -0.3 is 9.47 Å². The maximum absolute atomic E-state index is 5.85. The Hall–Kier alpha value is -2.06. The summed E-state index contributed by atoms with van der Waals surface area (Å²) in [5.41, 5.74) is 2.51. The highest BCUT2D eigenvalue weighted by atomic mass is 32.1. The van der Waals surface area contributed by atoms with Crippen LogP contribution in [0.15, 0.2) is 53.2 Å². The molecule has 3 nitrogen and oxygen atoms in total. The second-order valence-electron chi connectivity index (χ2n) is 7.93. The zero-order valence-electron chi connectivity index (χ0n) is 18.1. The molecule has 29 heavy (non-hydrogen) atoms. The number of thiophene rings is 1. The van der Waals surface area contributed by atoms with Gasteiger partial charge in [-0.2, -0.15) is 11.3 Å². The number of nitrogens with zero attached hydrogens (tertiary/aromatic N) is 1. The van der Waals surface area contributed by atoms with E-state index in [1.54, 1.807) is 11.3 Å². The highest BCUT2D eigenvalue weighted by Crippen LogP contribution is 2.15.